The first kappa shape index (κ1) is 21.7. The molecule has 1 aliphatic rings. The lowest BCUT2D eigenvalue weighted by Crippen LogP contribution is -2.47. The molecule has 1 rings (SSSR count). The van der Waals surface area contributed by atoms with Crippen molar-refractivity contribution < 1.29 is 4.79 Å². The van der Waals surface area contributed by atoms with E-state index in [0.29, 0.717) is 6.04 Å². The highest BCUT2D eigenvalue weighted by Crippen LogP contribution is 2.16. The van der Waals surface area contributed by atoms with E-state index in [1.54, 1.807) is 0 Å². The molecule has 3 heteroatoms. The maximum Gasteiger partial charge on any atom is 0.246 e. The van der Waals surface area contributed by atoms with E-state index in [0.717, 1.165) is 45.2 Å². The molecule has 0 N–H and O–H groups in total. The highest BCUT2D eigenvalue weighted by atomic mass is 16.2. The number of likely N-dealkylation sites (tertiary alicyclic amines) is 1. The smallest absolute Gasteiger partial charge is 0.246 e. The molecule has 142 valence electrons. The van der Waals surface area contributed by atoms with Crippen LogP contribution >= 0.6 is 0 Å². The molecule has 0 radical (unpaired) electrons. The molecule has 1 heterocycles. The fourth-order valence-electron chi connectivity index (χ4n) is 3.19. The number of hydrogen-bond donors (Lipinski definition) is 0. The Bertz CT molecular complexity index is 510. The van der Waals surface area contributed by atoms with E-state index in [1.807, 2.05) is 11.0 Å². The van der Waals surface area contributed by atoms with Crippen molar-refractivity contribution in [1.29, 1.82) is 0 Å². The van der Waals surface area contributed by atoms with E-state index in [2.05, 4.69) is 58.8 Å². The first-order valence-electron chi connectivity index (χ1n) is 9.71. The van der Waals surface area contributed by atoms with Crippen LogP contribution in [0.1, 0.15) is 66.2 Å². The third-order valence-electron chi connectivity index (χ3n) is 4.93. The molecular weight excluding hydrogens is 308 g/mol. The summed E-state index contributed by atoms with van der Waals surface area (Å²) in [6.07, 6.45) is 13.0. The van der Waals surface area contributed by atoms with Crippen molar-refractivity contribution in [2.45, 2.75) is 72.3 Å². The molecule has 0 bridgehead atoms. The van der Waals surface area contributed by atoms with Crippen LogP contribution in [0.3, 0.4) is 0 Å². The SMILES string of the molecule is CC(C)=CCC/C(C)=C/CC/C(C)=C/C(=O)N1CCCC(N(C)C)C1. The summed E-state index contributed by atoms with van der Waals surface area (Å²) >= 11 is 0. The van der Waals surface area contributed by atoms with Gasteiger partial charge in [-0.05, 0) is 80.3 Å². The van der Waals surface area contributed by atoms with E-state index in [-0.39, 0.29) is 5.91 Å². The second-order valence-corrected chi connectivity index (χ2v) is 7.94. The second kappa shape index (κ2) is 11.3. The molecule has 1 amide bonds. The van der Waals surface area contributed by atoms with Crippen molar-refractivity contribution in [2.24, 2.45) is 0 Å². The van der Waals surface area contributed by atoms with Gasteiger partial charge < -0.3 is 9.80 Å². The van der Waals surface area contributed by atoms with Crippen LogP contribution in [0.5, 0.6) is 0 Å². The highest BCUT2D eigenvalue weighted by molar-refractivity contribution is 5.88. The zero-order chi connectivity index (χ0) is 18.8. The zero-order valence-electron chi connectivity index (χ0n) is 17.3. The first-order valence-corrected chi connectivity index (χ1v) is 9.71. The lowest BCUT2D eigenvalue weighted by molar-refractivity contribution is -0.127. The zero-order valence-corrected chi connectivity index (χ0v) is 17.3. The quantitative estimate of drug-likeness (QED) is 0.458. The summed E-state index contributed by atoms with van der Waals surface area (Å²) in [6.45, 7) is 10.3. The fourth-order valence-corrected chi connectivity index (χ4v) is 3.19. The minimum absolute atomic E-state index is 0.188. The molecule has 1 aliphatic heterocycles. The van der Waals surface area contributed by atoms with Crippen LogP contribution in [-0.4, -0.2) is 48.9 Å². The van der Waals surface area contributed by atoms with E-state index in [9.17, 15) is 4.79 Å². The molecule has 1 unspecified atom stereocenters. The highest BCUT2D eigenvalue weighted by Gasteiger charge is 2.23. The van der Waals surface area contributed by atoms with Crippen molar-refractivity contribution in [3.63, 3.8) is 0 Å². The van der Waals surface area contributed by atoms with Gasteiger partial charge in [0.2, 0.25) is 5.91 Å². The standard InChI is InChI=1S/C22H38N2O/c1-18(2)10-7-11-19(3)12-8-13-20(4)16-22(25)24-15-9-14-21(17-24)23(5)6/h10,12,16,21H,7-9,11,13-15,17H2,1-6H3/b19-12+,20-16+. The Morgan fingerprint density at radius 1 is 1.04 bits per heavy atom. The van der Waals surface area contributed by atoms with Gasteiger partial charge in [-0.1, -0.05) is 28.9 Å². The Morgan fingerprint density at radius 2 is 1.68 bits per heavy atom. The average molecular weight is 347 g/mol. The number of hydrogen-bond acceptors (Lipinski definition) is 2. The van der Waals surface area contributed by atoms with Crippen molar-refractivity contribution in [2.75, 3.05) is 27.2 Å². The Hall–Kier alpha value is -1.35. The van der Waals surface area contributed by atoms with Crippen LogP contribution in [0.15, 0.2) is 34.9 Å². The number of carbonyl (C=O) groups excluding carboxylic acids is 1. The second-order valence-electron chi connectivity index (χ2n) is 7.94. The van der Waals surface area contributed by atoms with Crippen molar-refractivity contribution in [1.82, 2.24) is 9.80 Å². The third-order valence-corrected chi connectivity index (χ3v) is 4.93. The van der Waals surface area contributed by atoms with Crippen LogP contribution in [0.4, 0.5) is 0 Å². The van der Waals surface area contributed by atoms with E-state index >= 15 is 0 Å². The van der Waals surface area contributed by atoms with Gasteiger partial charge in [0.25, 0.3) is 0 Å². The summed E-state index contributed by atoms with van der Waals surface area (Å²) in [5, 5.41) is 0. The van der Waals surface area contributed by atoms with Gasteiger partial charge in [-0.25, -0.2) is 0 Å². The number of amides is 1. The summed E-state index contributed by atoms with van der Waals surface area (Å²) in [5.41, 5.74) is 4.02. The molecule has 0 aromatic carbocycles. The number of piperidine rings is 1. The van der Waals surface area contributed by atoms with Gasteiger partial charge in [-0.15, -0.1) is 0 Å². The number of rotatable bonds is 8. The molecule has 0 spiro atoms. The predicted octanol–water partition coefficient (Wildman–Crippen LogP) is 4.96. The molecule has 0 saturated carbocycles. The van der Waals surface area contributed by atoms with Gasteiger partial charge in [0, 0.05) is 25.2 Å². The molecular formula is C22H38N2O. The minimum Gasteiger partial charge on any atom is -0.338 e. The largest absolute Gasteiger partial charge is 0.338 e. The van der Waals surface area contributed by atoms with Crippen molar-refractivity contribution >= 4 is 5.91 Å². The van der Waals surface area contributed by atoms with Crippen molar-refractivity contribution in [3.05, 3.63) is 34.9 Å². The Morgan fingerprint density at radius 3 is 2.32 bits per heavy atom. The molecule has 1 atom stereocenters. The molecule has 0 aromatic rings. The summed E-state index contributed by atoms with van der Waals surface area (Å²) in [7, 11) is 4.21. The van der Waals surface area contributed by atoms with Gasteiger partial charge in [0.15, 0.2) is 0 Å². The number of carbonyl (C=O) groups is 1. The summed E-state index contributed by atoms with van der Waals surface area (Å²) < 4.78 is 0. The van der Waals surface area contributed by atoms with Crippen LogP contribution in [0.2, 0.25) is 0 Å². The predicted molar refractivity (Wildman–Crippen MR) is 109 cm³/mol. The monoisotopic (exact) mass is 346 g/mol. The van der Waals surface area contributed by atoms with Crippen LogP contribution in [-0.2, 0) is 4.79 Å². The Labute approximate surface area is 155 Å². The van der Waals surface area contributed by atoms with Crippen LogP contribution < -0.4 is 0 Å². The molecule has 25 heavy (non-hydrogen) atoms. The van der Waals surface area contributed by atoms with Gasteiger partial charge in [0.05, 0.1) is 0 Å². The Balaban J connectivity index is 2.41. The summed E-state index contributed by atoms with van der Waals surface area (Å²) in [6, 6.07) is 0.498. The number of likely N-dealkylation sites (N-methyl/N-ethyl adjacent to an activating group) is 1. The van der Waals surface area contributed by atoms with E-state index in [4.69, 9.17) is 0 Å². The maximum absolute atomic E-state index is 12.5. The maximum atomic E-state index is 12.5. The van der Waals surface area contributed by atoms with Gasteiger partial charge >= 0.3 is 0 Å². The molecule has 0 aromatic heterocycles. The molecule has 0 aliphatic carbocycles. The average Bonchev–Trinajstić information content (AvgIpc) is 2.54. The summed E-state index contributed by atoms with van der Waals surface area (Å²) in [4.78, 5) is 16.7. The number of allylic oxidation sites excluding steroid dienone is 5. The molecule has 1 fully saturated rings. The van der Waals surface area contributed by atoms with Gasteiger partial charge in [-0.2, -0.15) is 0 Å². The summed E-state index contributed by atoms with van der Waals surface area (Å²) in [5.74, 6) is 0.188. The lowest BCUT2D eigenvalue weighted by Gasteiger charge is -2.35. The van der Waals surface area contributed by atoms with Crippen LogP contribution in [0.25, 0.3) is 0 Å². The van der Waals surface area contributed by atoms with Crippen molar-refractivity contribution in [3.8, 4) is 0 Å². The molecule has 1 saturated heterocycles. The topological polar surface area (TPSA) is 23.6 Å². The van der Waals surface area contributed by atoms with Gasteiger partial charge in [0.1, 0.15) is 0 Å². The number of nitrogens with zero attached hydrogens (tertiary/aromatic N) is 2. The minimum atomic E-state index is 0.188. The normalized spacial score (nSPS) is 19.3. The fraction of sp³-hybridized carbons (Fsp3) is 0.682. The van der Waals surface area contributed by atoms with E-state index < -0.39 is 0 Å². The third kappa shape index (κ3) is 9.06. The van der Waals surface area contributed by atoms with Gasteiger partial charge in [-0.3, -0.25) is 4.79 Å². The first-order chi connectivity index (χ1) is 11.8. The Kier molecular flexibility index (Phi) is 9.81. The van der Waals surface area contributed by atoms with E-state index in [1.165, 1.54) is 23.1 Å². The molecule has 3 nitrogen and oxygen atoms in total. The van der Waals surface area contributed by atoms with Crippen LogP contribution in [0, 0.1) is 0 Å². The lowest BCUT2D eigenvalue weighted by atomic mass is 10.0.